The number of aromatic hydroxyl groups is 1. The molecule has 0 aliphatic carbocycles. The number of likely N-dealkylation sites (N-methyl/N-ethyl adjacent to an activating group) is 1. The first-order chi connectivity index (χ1) is 7.15. The highest BCUT2D eigenvalue weighted by Gasteiger charge is 2.32. The van der Waals surface area contributed by atoms with Gasteiger partial charge in [-0.3, -0.25) is 0 Å². The third-order valence-corrected chi connectivity index (χ3v) is 3.15. The molecule has 1 aromatic rings. The van der Waals surface area contributed by atoms with Crippen molar-refractivity contribution in [2.75, 3.05) is 18.0 Å². The van der Waals surface area contributed by atoms with Crippen molar-refractivity contribution in [2.45, 2.75) is 25.9 Å². The van der Waals surface area contributed by atoms with Gasteiger partial charge in [-0.05, 0) is 26.0 Å². The zero-order valence-corrected chi connectivity index (χ0v) is 9.14. The number of anilines is 1. The number of aliphatic hydroxyl groups excluding tert-OH is 1. The zero-order chi connectivity index (χ0) is 11.0. The van der Waals surface area contributed by atoms with Crippen LogP contribution < -0.4 is 4.90 Å². The van der Waals surface area contributed by atoms with Crippen molar-refractivity contribution in [3.8, 4) is 5.75 Å². The average molecular weight is 207 g/mol. The second-order valence-electron chi connectivity index (χ2n) is 4.10. The number of hydrogen-bond acceptors (Lipinski definition) is 3. The molecule has 0 amide bonds. The van der Waals surface area contributed by atoms with Crippen LogP contribution in [0.1, 0.15) is 25.3 Å². The molecular formula is C12H17NO2. The molecule has 3 nitrogen and oxygen atoms in total. The summed E-state index contributed by atoms with van der Waals surface area (Å²) >= 11 is 0. The van der Waals surface area contributed by atoms with Crippen molar-refractivity contribution in [3.05, 3.63) is 23.8 Å². The fraction of sp³-hybridized carbons (Fsp3) is 0.500. The molecule has 2 N–H and O–H groups in total. The largest absolute Gasteiger partial charge is 0.508 e. The Balaban J connectivity index is 2.48. The van der Waals surface area contributed by atoms with Gasteiger partial charge in [-0.2, -0.15) is 0 Å². The van der Waals surface area contributed by atoms with Gasteiger partial charge in [-0.25, -0.2) is 0 Å². The van der Waals surface area contributed by atoms with Crippen LogP contribution in [-0.2, 0) is 0 Å². The lowest BCUT2D eigenvalue weighted by Gasteiger charge is -2.17. The summed E-state index contributed by atoms with van der Waals surface area (Å²) in [5.74, 6) is 0.329. The molecule has 1 heterocycles. The predicted molar refractivity (Wildman–Crippen MR) is 60.4 cm³/mol. The third-order valence-electron chi connectivity index (χ3n) is 3.15. The van der Waals surface area contributed by atoms with E-state index in [9.17, 15) is 10.2 Å². The van der Waals surface area contributed by atoms with Crippen LogP contribution in [0.25, 0.3) is 0 Å². The summed E-state index contributed by atoms with van der Waals surface area (Å²) in [6.07, 6.45) is -0.423. The van der Waals surface area contributed by atoms with Crippen molar-refractivity contribution >= 4 is 5.69 Å². The Bertz CT molecular complexity index is 363. The van der Waals surface area contributed by atoms with E-state index in [1.165, 1.54) is 0 Å². The number of benzene rings is 1. The zero-order valence-electron chi connectivity index (χ0n) is 9.14. The van der Waals surface area contributed by atoms with E-state index in [1.54, 1.807) is 13.0 Å². The van der Waals surface area contributed by atoms with E-state index in [1.807, 2.05) is 12.1 Å². The minimum absolute atomic E-state index is 0.0288. The fourth-order valence-electron chi connectivity index (χ4n) is 2.32. The van der Waals surface area contributed by atoms with Gasteiger partial charge in [0.15, 0.2) is 0 Å². The molecular weight excluding hydrogens is 190 g/mol. The molecule has 0 fully saturated rings. The standard InChI is InChI=1S/C12H17NO2/c1-3-13-7-9(8(2)14)12-10(13)5-4-6-11(12)15/h4-6,8-9,14-15H,3,7H2,1-2H3. The van der Waals surface area contributed by atoms with E-state index in [0.717, 1.165) is 24.3 Å². The van der Waals surface area contributed by atoms with Gasteiger partial charge in [0.25, 0.3) is 0 Å². The van der Waals surface area contributed by atoms with Crippen LogP contribution in [0.3, 0.4) is 0 Å². The Morgan fingerprint density at radius 1 is 1.53 bits per heavy atom. The molecule has 15 heavy (non-hydrogen) atoms. The Hall–Kier alpha value is -1.22. The lowest BCUT2D eigenvalue weighted by molar-refractivity contribution is 0.166. The van der Waals surface area contributed by atoms with Gasteiger partial charge in [-0.15, -0.1) is 0 Å². The Labute approximate surface area is 90.0 Å². The summed E-state index contributed by atoms with van der Waals surface area (Å²) in [4.78, 5) is 2.19. The van der Waals surface area contributed by atoms with Crippen LogP contribution in [-0.4, -0.2) is 29.4 Å². The summed E-state index contributed by atoms with van der Waals surface area (Å²) in [7, 11) is 0. The lowest BCUT2D eigenvalue weighted by Crippen LogP contribution is -2.25. The molecule has 2 atom stereocenters. The first kappa shape index (κ1) is 10.3. The van der Waals surface area contributed by atoms with Gasteiger partial charge < -0.3 is 15.1 Å². The van der Waals surface area contributed by atoms with Crippen molar-refractivity contribution < 1.29 is 10.2 Å². The van der Waals surface area contributed by atoms with Crippen molar-refractivity contribution in [1.82, 2.24) is 0 Å². The fourth-order valence-corrected chi connectivity index (χ4v) is 2.32. The average Bonchev–Trinajstić information content (AvgIpc) is 2.58. The van der Waals surface area contributed by atoms with Crippen LogP contribution in [0.4, 0.5) is 5.69 Å². The van der Waals surface area contributed by atoms with Gasteiger partial charge in [0.1, 0.15) is 5.75 Å². The number of phenols is 1. The second kappa shape index (κ2) is 3.74. The predicted octanol–water partition coefficient (Wildman–Crippen LogP) is 1.70. The molecule has 82 valence electrons. The van der Waals surface area contributed by atoms with Crippen LogP contribution in [0, 0.1) is 0 Å². The highest BCUT2D eigenvalue weighted by molar-refractivity contribution is 5.65. The van der Waals surface area contributed by atoms with Gasteiger partial charge in [0.05, 0.1) is 6.10 Å². The number of hydrogen-bond donors (Lipinski definition) is 2. The van der Waals surface area contributed by atoms with Crippen molar-refractivity contribution in [3.63, 3.8) is 0 Å². The minimum atomic E-state index is -0.423. The van der Waals surface area contributed by atoms with E-state index < -0.39 is 6.10 Å². The molecule has 0 aromatic heterocycles. The van der Waals surface area contributed by atoms with Gasteiger partial charge in [-0.1, -0.05) is 6.07 Å². The smallest absolute Gasteiger partial charge is 0.121 e. The maximum absolute atomic E-state index is 9.83. The van der Waals surface area contributed by atoms with Gasteiger partial charge in [0, 0.05) is 30.3 Å². The molecule has 1 aliphatic rings. The molecule has 1 aromatic carbocycles. The highest BCUT2D eigenvalue weighted by Crippen LogP contribution is 2.42. The Morgan fingerprint density at radius 2 is 2.27 bits per heavy atom. The van der Waals surface area contributed by atoms with Gasteiger partial charge in [0.2, 0.25) is 0 Å². The number of nitrogens with zero attached hydrogens (tertiary/aromatic N) is 1. The quantitative estimate of drug-likeness (QED) is 0.775. The summed E-state index contributed by atoms with van der Waals surface area (Å²) in [5, 5.41) is 19.5. The van der Waals surface area contributed by atoms with Crippen LogP contribution in [0.15, 0.2) is 18.2 Å². The van der Waals surface area contributed by atoms with Crippen molar-refractivity contribution in [1.29, 1.82) is 0 Å². The molecule has 1 aliphatic heterocycles. The topological polar surface area (TPSA) is 43.7 Å². The number of rotatable bonds is 2. The first-order valence-corrected chi connectivity index (χ1v) is 5.40. The maximum atomic E-state index is 9.83. The minimum Gasteiger partial charge on any atom is -0.508 e. The molecule has 0 spiro atoms. The van der Waals surface area contributed by atoms with E-state index in [0.29, 0.717) is 5.75 Å². The summed E-state index contributed by atoms with van der Waals surface area (Å²) in [6, 6.07) is 5.54. The summed E-state index contributed by atoms with van der Waals surface area (Å²) < 4.78 is 0. The molecule has 2 unspecified atom stereocenters. The number of phenolic OH excluding ortho intramolecular Hbond substituents is 1. The summed E-state index contributed by atoms with van der Waals surface area (Å²) in [5.41, 5.74) is 1.96. The maximum Gasteiger partial charge on any atom is 0.121 e. The summed E-state index contributed by atoms with van der Waals surface area (Å²) in [6.45, 7) is 5.55. The van der Waals surface area contributed by atoms with Crippen molar-refractivity contribution in [2.24, 2.45) is 0 Å². The Kier molecular flexibility index (Phi) is 2.57. The monoisotopic (exact) mass is 207 g/mol. The van der Waals surface area contributed by atoms with Gasteiger partial charge >= 0.3 is 0 Å². The molecule has 3 heteroatoms. The molecule has 2 rings (SSSR count). The van der Waals surface area contributed by atoms with E-state index in [2.05, 4.69) is 11.8 Å². The van der Waals surface area contributed by atoms with E-state index in [-0.39, 0.29) is 5.92 Å². The SMILES string of the molecule is CCN1CC(C(C)O)c2c(O)cccc21. The van der Waals surface area contributed by atoms with Crippen LogP contribution in [0.2, 0.25) is 0 Å². The first-order valence-electron chi connectivity index (χ1n) is 5.40. The van der Waals surface area contributed by atoms with Crippen LogP contribution in [0.5, 0.6) is 5.75 Å². The number of fused-ring (bicyclic) bond motifs is 1. The molecule has 0 radical (unpaired) electrons. The number of aliphatic hydroxyl groups is 1. The Morgan fingerprint density at radius 3 is 2.87 bits per heavy atom. The third kappa shape index (κ3) is 1.57. The second-order valence-corrected chi connectivity index (χ2v) is 4.10. The molecule has 0 saturated heterocycles. The molecule has 0 saturated carbocycles. The molecule has 0 bridgehead atoms. The van der Waals surface area contributed by atoms with E-state index in [4.69, 9.17) is 0 Å². The van der Waals surface area contributed by atoms with Crippen LogP contribution >= 0.6 is 0 Å². The highest BCUT2D eigenvalue weighted by atomic mass is 16.3. The lowest BCUT2D eigenvalue weighted by atomic mass is 9.96. The van der Waals surface area contributed by atoms with E-state index >= 15 is 0 Å². The normalized spacial score (nSPS) is 21.5.